The minimum atomic E-state index is 0. The fraction of sp³-hybridized carbons (Fsp3) is 0. The van der Waals surface area contributed by atoms with Crippen molar-refractivity contribution in [3.63, 3.8) is 0 Å². The summed E-state index contributed by atoms with van der Waals surface area (Å²) < 4.78 is 1.12. The van der Waals surface area contributed by atoms with Crippen LogP contribution in [-0.4, -0.2) is 76.0 Å². The van der Waals surface area contributed by atoms with Gasteiger partial charge in [-0.15, -0.1) is 5.56 Å². The van der Waals surface area contributed by atoms with Crippen LogP contribution in [0.4, 0.5) is 0 Å². The van der Waals surface area contributed by atoms with E-state index < -0.39 is 0 Å². The third-order valence-electron chi connectivity index (χ3n) is 7.11. The Bertz CT molecular complexity index is 2280. The van der Waals surface area contributed by atoms with E-state index in [0.29, 0.717) is 5.82 Å². The fourth-order valence-corrected chi connectivity index (χ4v) is 6.10. The van der Waals surface area contributed by atoms with E-state index in [9.17, 15) is 0 Å². The SMILES string of the molecule is Brc1cccc(-c2ccccc2)c1.Clc1nc(Cl)nc(-c2cccc(-c3ccccc3)c2)n1.Clc1nc(Cl)nc(Cl)n1.[Br-].[H-].[H-].[Mg+2].[Mg+2].[c-]1cccc(-c2ccccc2)c1. The average molecular weight is 1000 g/mol. The van der Waals surface area contributed by atoms with Gasteiger partial charge in [-0.3, -0.25) is 0 Å². The molecule has 57 heavy (non-hydrogen) atoms. The number of hydrogen-bond acceptors (Lipinski definition) is 6. The van der Waals surface area contributed by atoms with Crippen molar-refractivity contribution in [1.82, 2.24) is 29.9 Å². The Balaban J connectivity index is 0.000000769. The predicted molar refractivity (Wildman–Crippen MR) is 240 cm³/mol. The van der Waals surface area contributed by atoms with E-state index in [0.717, 1.165) is 21.2 Å². The normalized spacial score (nSPS) is 9.51. The molecule has 0 radical (unpaired) electrons. The molecule has 0 atom stereocenters. The van der Waals surface area contributed by atoms with Crippen LogP contribution in [0.25, 0.3) is 44.8 Å². The van der Waals surface area contributed by atoms with Gasteiger partial charge in [0.25, 0.3) is 0 Å². The van der Waals surface area contributed by atoms with Gasteiger partial charge in [0.2, 0.25) is 26.4 Å². The first-order valence-electron chi connectivity index (χ1n) is 16.0. The molecular formula is C42H29Br2Cl5Mg2N6. The van der Waals surface area contributed by atoms with Gasteiger partial charge in [0.15, 0.2) is 5.82 Å². The molecule has 8 rings (SSSR count). The van der Waals surface area contributed by atoms with Gasteiger partial charge in [-0.05, 0) is 98.5 Å². The van der Waals surface area contributed by atoms with E-state index in [4.69, 9.17) is 58.0 Å². The third kappa shape index (κ3) is 17.6. The van der Waals surface area contributed by atoms with Crippen LogP contribution in [0.1, 0.15) is 2.85 Å². The van der Waals surface area contributed by atoms with Gasteiger partial charge >= 0.3 is 46.1 Å². The van der Waals surface area contributed by atoms with Gasteiger partial charge in [0, 0.05) is 10.0 Å². The van der Waals surface area contributed by atoms with E-state index >= 15 is 0 Å². The smallest absolute Gasteiger partial charge is 1.00 e. The first kappa shape index (κ1) is 50.4. The molecule has 8 aromatic rings. The molecule has 0 N–H and O–H groups in total. The zero-order chi connectivity index (χ0) is 38.1. The van der Waals surface area contributed by atoms with E-state index in [1.165, 1.54) is 22.3 Å². The summed E-state index contributed by atoms with van der Waals surface area (Å²) in [5, 5.41) is 0.176. The van der Waals surface area contributed by atoms with Crippen LogP contribution < -0.4 is 17.0 Å². The number of benzene rings is 6. The fourth-order valence-electron chi connectivity index (χ4n) is 4.73. The molecule has 0 fully saturated rings. The van der Waals surface area contributed by atoms with Crippen LogP contribution in [-0.2, 0) is 0 Å². The topological polar surface area (TPSA) is 77.3 Å². The summed E-state index contributed by atoms with van der Waals surface area (Å²) in [6.45, 7) is 0. The van der Waals surface area contributed by atoms with E-state index in [2.05, 4.69) is 106 Å². The number of nitrogens with zero attached hydrogens (tertiary/aromatic N) is 6. The van der Waals surface area contributed by atoms with Crippen LogP contribution in [0.5, 0.6) is 0 Å². The summed E-state index contributed by atoms with van der Waals surface area (Å²) in [5.41, 5.74) is 8.01. The molecule has 0 aliphatic carbocycles. The van der Waals surface area contributed by atoms with Gasteiger partial charge in [0.1, 0.15) is 0 Å². The van der Waals surface area contributed by atoms with Gasteiger partial charge < -0.3 is 19.8 Å². The standard InChI is InChI=1S/C15H9Cl2N3.C12H9Br.C12H9.C3Cl3N3.BrH.2Mg.2H/c16-14-18-13(19-15(17)20-14)12-8-4-7-11(9-12)10-5-2-1-3-6-10;13-12-8-4-7-11(9-12)10-5-2-1-3-6-10;1-3-7-11(8-4-1)12-9-5-2-6-10-12;4-1-7-2(5)9-3(6)8-1;;;;;/h1-9H;1-9H;1-5,7-10H;;1H;;;;/q;;-1;;;2*+2;2*-1/p-1. The van der Waals surface area contributed by atoms with E-state index in [-0.39, 0.29) is 92.4 Å². The Morgan fingerprint density at radius 1 is 0.386 bits per heavy atom. The van der Waals surface area contributed by atoms with Gasteiger partial charge in [-0.1, -0.05) is 143 Å². The second-order valence-electron chi connectivity index (χ2n) is 10.8. The van der Waals surface area contributed by atoms with Crippen molar-refractivity contribution in [2.24, 2.45) is 0 Å². The molecule has 6 aromatic carbocycles. The van der Waals surface area contributed by atoms with Crippen molar-refractivity contribution in [2.45, 2.75) is 0 Å². The molecule has 0 spiro atoms. The average Bonchev–Trinajstić information content (AvgIpc) is 3.19. The van der Waals surface area contributed by atoms with Gasteiger partial charge in [-0.2, -0.15) is 60.2 Å². The molecule has 0 amide bonds. The molecule has 2 aromatic heterocycles. The zero-order valence-electron chi connectivity index (χ0n) is 31.8. The minimum Gasteiger partial charge on any atom is -1.00 e. The zero-order valence-corrected chi connectivity index (χ0v) is 39.6. The monoisotopic (exact) mass is 998 g/mol. The van der Waals surface area contributed by atoms with Crippen molar-refractivity contribution in [3.05, 3.63) is 201 Å². The maximum atomic E-state index is 5.81. The summed E-state index contributed by atoms with van der Waals surface area (Å²) in [7, 11) is 0. The molecule has 2 heterocycles. The molecule has 0 aliphatic rings. The molecule has 6 nitrogen and oxygen atoms in total. The Labute approximate surface area is 411 Å². The Hall–Kier alpha value is -2.72. The quantitative estimate of drug-likeness (QED) is 0.129. The molecule has 0 saturated carbocycles. The van der Waals surface area contributed by atoms with Crippen molar-refractivity contribution in [3.8, 4) is 44.8 Å². The summed E-state index contributed by atoms with van der Waals surface area (Å²) >= 11 is 31.0. The maximum Gasteiger partial charge on any atom is 2.00 e. The number of rotatable bonds is 4. The molecule has 0 unspecified atom stereocenters. The number of hydrogen-bond donors (Lipinski definition) is 0. The summed E-state index contributed by atoms with van der Waals surface area (Å²) in [6, 6.07) is 58.0. The second kappa shape index (κ2) is 27.1. The first-order chi connectivity index (χ1) is 26.2. The Morgan fingerprint density at radius 2 is 0.737 bits per heavy atom. The number of aromatic nitrogens is 6. The van der Waals surface area contributed by atoms with Crippen LogP contribution >= 0.6 is 73.9 Å². The molecule has 0 aliphatic heterocycles. The summed E-state index contributed by atoms with van der Waals surface area (Å²) in [4.78, 5) is 22.3. The molecule has 15 heteroatoms. The predicted octanol–water partition coefficient (Wildman–Crippen LogP) is 10.1. The second-order valence-corrected chi connectivity index (χ2v) is 13.4. The summed E-state index contributed by atoms with van der Waals surface area (Å²) in [6.07, 6.45) is 0. The molecular weight excluding hydrogens is 974 g/mol. The van der Waals surface area contributed by atoms with Crippen LogP contribution in [0.3, 0.4) is 0 Å². The Kier molecular flexibility index (Phi) is 24.0. The minimum absolute atomic E-state index is 0. The first-order valence-corrected chi connectivity index (χ1v) is 18.7. The summed E-state index contributed by atoms with van der Waals surface area (Å²) in [5.74, 6) is 0.466. The number of halogens is 7. The van der Waals surface area contributed by atoms with Crippen LogP contribution in [0.2, 0.25) is 26.4 Å². The largest absolute Gasteiger partial charge is 2.00 e. The van der Waals surface area contributed by atoms with Gasteiger partial charge in [0.05, 0.1) is 0 Å². The van der Waals surface area contributed by atoms with E-state index in [1.807, 2.05) is 109 Å². The van der Waals surface area contributed by atoms with Crippen molar-refractivity contribution in [1.29, 1.82) is 0 Å². The molecule has 0 saturated heterocycles. The Morgan fingerprint density at radius 3 is 1.16 bits per heavy atom. The van der Waals surface area contributed by atoms with E-state index in [1.54, 1.807) is 0 Å². The van der Waals surface area contributed by atoms with Gasteiger partial charge in [-0.25, -0.2) is 0 Å². The van der Waals surface area contributed by atoms with Crippen LogP contribution in [0, 0.1) is 6.07 Å². The van der Waals surface area contributed by atoms with Crippen molar-refractivity contribution in [2.75, 3.05) is 0 Å². The molecule has 0 bridgehead atoms. The van der Waals surface area contributed by atoms with Crippen molar-refractivity contribution >= 4 is 120 Å². The van der Waals surface area contributed by atoms with Crippen LogP contribution in [0.15, 0.2) is 168 Å². The molecule has 280 valence electrons. The van der Waals surface area contributed by atoms with Crippen molar-refractivity contribution < 1.29 is 19.8 Å². The third-order valence-corrected chi connectivity index (χ3v) is 8.45. The maximum absolute atomic E-state index is 5.81.